The molecule has 7 nitrogen and oxygen atoms in total. The van der Waals surface area contributed by atoms with Gasteiger partial charge in [0.1, 0.15) is 5.75 Å². The molecule has 3 aromatic rings. The number of fused-ring (bicyclic) bond motifs is 1. The number of carbonyl (C=O) groups excluding carboxylic acids is 2. The molecule has 174 valence electrons. The molecule has 33 heavy (non-hydrogen) atoms. The second-order valence-electron chi connectivity index (χ2n) is 8.57. The number of amides is 1. The predicted octanol–water partition coefficient (Wildman–Crippen LogP) is 4.57. The lowest BCUT2D eigenvalue weighted by molar-refractivity contribution is 0.0979. The molecule has 1 amide bonds. The minimum atomic E-state index is -1.60. The molecule has 0 saturated heterocycles. The number of aromatic nitrogens is 1. The molecule has 0 bridgehead atoms. The lowest BCUT2D eigenvalue weighted by Crippen LogP contribution is -2.39. The lowest BCUT2D eigenvalue weighted by Gasteiger charge is -2.23. The number of benzene rings is 2. The zero-order valence-corrected chi connectivity index (χ0v) is 20.0. The summed E-state index contributed by atoms with van der Waals surface area (Å²) in [5, 5.41) is 1.05. The van der Waals surface area contributed by atoms with Gasteiger partial charge in [0.15, 0.2) is 17.8 Å². The molecule has 1 aromatic heterocycles. The van der Waals surface area contributed by atoms with Crippen molar-refractivity contribution in [3.05, 3.63) is 53.1 Å². The number of nitrogens with zero attached hydrogens (tertiary/aromatic N) is 1. The molecule has 4 rings (SSSR count). The summed E-state index contributed by atoms with van der Waals surface area (Å²) in [5.74, 6) is 0.603. The first kappa shape index (κ1) is 23.4. The Balaban J connectivity index is 1.83. The normalized spacial score (nSPS) is 15.5. The molecule has 0 aliphatic heterocycles. The van der Waals surface area contributed by atoms with E-state index in [-0.39, 0.29) is 0 Å². The minimum absolute atomic E-state index is 0.380. The zero-order valence-electron chi connectivity index (χ0n) is 19.1. The van der Waals surface area contributed by atoms with Crippen molar-refractivity contribution >= 4 is 34.6 Å². The predicted molar refractivity (Wildman–Crippen MR) is 131 cm³/mol. The van der Waals surface area contributed by atoms with Gasteiger partial charge in [0.25, 0.3) is 5.91 Å². The molecule has 1 heterocycles. The lowest BCUT2D eigenvalue weighted by atomic mass is 9.81. The number of aromatic amines is 1. The standard InChI is InChI=1S/C25H29N3O4S/c1-28(2)33(31)27-25(30)17-9-11-21-22(14-17)26-24(23(21)16-7-5-4-6-8-16)20-12-10-19(32-3)13-18(20)15-29/h9-16,26H,4-8H2,1-3H3,(H,27,30). The van der Waals surface area contributed by atoms with Crippen LogP contribution >= 0.6 is 0 Å². The van der Waals surface area contributed by atoms with Crippen LogP contribution in [0.2, 0.25) is 0 Å². The summed E-state index contributed by atoms with van der Waals surface area (Å²) in [7, 11) is 4.84. The van der Waals surface area contributed by atoms with Gasteiger partial charge in [-0.1, -0.05) is 25.3 Å². The van der Waals surface area contributed by atoms with E-state index >= 15 is 0 Å². The number of rotatable bonds is 7. The van der Waals surface area contributed by atoms with E-state index in [9.17, 15) is 14.1 Å². The van der Waals surface area contributed by atoms with Gasteiger partial charge in [0, 0.05) is 41.7 Å². The molecule has 1 unspecified atom stereocenters. The molecular weight excluding hydrogens is 438 g/mol. The van der Waals surface area contributed by atoms with E-state index in [4.69, 9.17) is 4.74 Å². The third-order valence-corrected chi connectivity index (χ3v) is 7.30. The van der Waals surface area contributed by atoms with Gasteiger partial charge >= 0.3 is 0 Å². The van der Waals surface area contributed by atoms with Crippen molar-refractivity contribution in [1.82, 2.24) is 14.0 Å². The van der Waals surface area contributed by atoms with Crippen LogP contribution in [0.15, 0.2) is 36.4 Å². The van der Waals surface area contributed by atoms with Crippen molar-refractivity contribution < 1.29 is 18.9 Å². The number of aldehydes is 1. The van der Waals surface area contributed by atoms with Crippen LogP contribution in [0.3, 0.4) is 0 Å². The van der Waals surface area contributed by atoms with Crippen molar-refractivity contribution in [3.63, 3.8) is 0 Å². The number of H-pyrrole nitrogens is 1. The summed E-state index contributed by atoms with van der Waals surface area (Å²) < 4.78 is 21.2. The maximum atomic E-state index is 12.6. The van der Waals surface area contributed by atoms with Gasteiger partial charge in [0.05, 0.1) is 12.8 Å². The number of carbonyl (C=O) groups is 2. The van der Waals surface area contributed by atoms with Crippen molar-refractivity contribution in [2.24, 2.45) is 0 Å². The summed E-state index contributed by atoms with van der Waals surface area (Å²) in [5.41, 5.74) is 4.73. The minimum Gasteiger partial charge on any atom is -0.573 e. The summed E-state index contributed by atoms with van der Waals surface area (Å²) in [4.78, 5) is 28.0. The quantitative estimate of drug-likeness (QED) is 0.392. The Morgan fingerprint density at radius 1 is 1.18 bits per heavy atom. The Kier molecular flexibility index (Phi) is 7.07. The first-order valence-electron chi connectivity index (χ1n) is 11.1. The van der Waals surface area contributed by atoms with Crippen LogP contribution in [0.1, 0.15) is 64.3 Å². The number of hydrogen-bond acceptors (Lipinski definition) is 5. The second-order valence-corrected chi connectivity index (χ2v) is 10.0. The maximum Gasteiger partial charge on any atom is 0.293 e. The van der Waals surface area contributed by atoms with Crippen LogP contribution in [-0.4, -0.2) is 47.2 Å². The van der Waals surface area contributed by atoms with Crippen LogP contribution in [0.5, 0.6) is 5.75 Å². The van der Waals surface area contributed by atoms with Gasteiger partial charge in [-0.15, -0.1) is 9.03 Å². The summed E-state index contributed by atoms with van der Waals surface area (Å²) >= 11 is -1.60. The second kappa shape index (κ2) is 9.99. The highest BCUT2D eigenvalue weighted by atomic mass is 32.2. The van der Waals surface area contributed by atoms with Crippen LogP contribution in [0.25, 0.3) is 22.2 Å². The molecule has 1 aliphatic carbocycles. The molecule has 0 spiro atoms. The van der Waals surface area contributed by atoms with E-state index in [2.05, 4.69) is 9.71 Å². The molecule has 1 saturated carbocycles. The molecule has 1 fully saturated rings. The SMILES string of the molecule is COc1ccc(-c2[nH]c3cc(C(=O)N[S+]([O-])N(C)C)ccc3c2C2CCCCC2)c(C=O)c1. The topological polar surface area (TPSA) is 97.5 Å². The molecular formula is C25H29N3O4S. The van der Waals surface area contributed by atoms with Crippen LogP contribution < -0.4 is 9.46 Å². The third-order valence-electron chi connectivity index (χ3n) is 6.28. The Hall–Kier alpha value is -2.81. The van der Waals surface area contributed by atoms with E-state index in [1.165, 1.54) is 29.1 Å². The molecule has 1 atom stereocenters. The molecule has 2 N–H and O–H groups in total. The third kappa shape index (κ3) is 4.78. The fourth-order valence-electron chi connectivity index (χ4n) is 4.61. The van der Waals surface area contributed by atoms with Crippen LogP contribution in [0.4, 0.5) is 0 Å². The Morgan fingerprint density at radius 2 is 1.94 bits per heavy atom. The van der Waals surface area contributed by atoms with E-state index in [0.717, 1.165) is 41.3 Å². The first-order chi connectivity index (χ1) is 15.9. The average Bonchev–Trinajstić information content (AvgIpc) is 3.22. The number of hydrogen-bond donors (Lipinski definition) is 2. The van der Waals surface area contributed by atoms with E-state index in [1.54, 1.807) is 39.4 Å². The van der Waals surface area contributed by atoms with Gasteiger partial charge in [-0.25, -0.2) is 0 Å². The Bertz CT molecular complexity index is 1170. The monoisotopic (exact) mass is 467 g/mol. The van der Waals surface area contributed by atoms with Gasteiger partial charge in [0.2, 0.25) is 0 Å². The van der Waals surface area contributed by atoms with Crippen molar-refractivity contribution in [1.29, 1.82) is 0 Å². The first-order valence-corrected chi connectivity index (χ1v) is 12.2. The highest BCUT2D eigenvalue weighted by molar-refractivity contribution is 7.87. The zero-order chi connectivity index (χ0) is 23.5. The van der Waals surface area contributed by atoms with Gasteiger partial charge < -0.3 is 14.3 Å². The molecule has 0 radical (unpaired) electrons. The van der Waals surface area contributed by atoms with Gasteiger partial charge in [-0.05, 0) is 54.7 Å². The van der Waals surface area contributed by atoms with Gasteiger partial charge in [-0.2, -0.15) is 0 Å². The van der Waals surface area contributed by atoms with Crippen molar-refractivity contribution in [2.45, 2.75) is 38.0 Å². The Morgan fingerprint density at radius 3 is 2.61 bits per heavy atom. The number of nitrogens with one attached hydrogen (secondary N) is 2. The largest absolute Gasteiger partial charge is 0.573 e. The summed E-state index contributed by atoms with van der Waals surface area (Å²) in [6.07, 6.45) is 6.63. The van der Waals surface area contributed by atoms with Crippen molar-refractivity contribution in [3.8, 4) is 17.0 Å². The Labute approximate surface area is 196 Å². The van der Waals surface area contributed by atoms with Crippen LogP contribution in [-0.2, 0) is 11.5 Å². The highest BCUT2D eigenvalue weighted by Gasteiger charge is 2.26. The maximum absolute atomic E-state index is 12.6. The van der Waals surface area contributed by atoms with E-state index in [0.29, 0.717) is 22.8 Å². The summed E-state index contributed by atoms with van der Waals surface area (Å²) in [6.45, 7) is 0. The van der Waals surface area contributed by atoms with Crippen LogP contribution in [0, 0.1) is 0 Å². The number of ether oxygens (including phenoxy) is 1. The average molecular weight is 468 g/mol. The molecule has 1 aliphatic rings. The molecule has 8 heteroatoms. The summed E-state index contributed by atoms with van der Waals surface area (Å²) in [6, 6.07) is 11.0. The fourth-order valence-corrected chi connectivity index (χ4v) is 5.07. The van der Waals surface area contributed by atoms with E-state index in [1.807, 2.05) is 18.2 Å². The highest BCUT2D eigenvalue weighted by Crippen LogP contribution is 2.43. The number of methoxy groups -OCH3 is 1. The fraction of sp³-hybridized carbons (Fsp3) is 0.360. The van der Waals surface area contributed by atoms with E-state index < -0.39 is 17.5 Å². The van der Waals surface area contributed by atoms with Crippen molar-refractivity contribution in [2.75, 3.05) is 21.2 Å². The van der Waals surface area contributed by atoms with Gasteiger partial charge in [-0.3, -0.25) is 9.59 Å². The molecule has 2 aromatic carbocycles. The smallest absolute Gasteiger partial charge is 0.293 e.